The average molecular weight is 388 g/mol. The molecule has 0 bridgehead atoms. The highest BCUT2D eigenvalue weighted by Gasteiger charge is 2.48. The number of amides is 1. The fraction of sp³-hybridized carbons (Fsp3) is 0.400. The van der Waals surface area contributed by atoms with Crippen LogP contribution < -0.4 is 11.3 Å². The van der Waals surface area contributed by atoms with E-state index in [1.807, 2.05) is 24.4 Å². The van der Waals surface area contributed by atoms with Gasteiger partial charge in [-0.25, -0.2) is 0 Å². The van der Waals surface area contributed by atoms with E-state index >= 15 is 0 Å². The molecule has 2 aromatic rings. The molecule has 7 heteroatoms. The number of likely N-dealkylation sites (tertiary alicyclic amines) is 1. The SMILES string of the molecule is Cn1cc(CN2CCC3(CC2)OC(C(N)=O)c2ccc(Cl)cc23)ccc1=O. The average Bonchev–Trinajstić information content (AvgIpc) is 2.94. The number of aromatic nitrogens is 1. The third-order valence-corrected chi connectivity index (χ3v) is 5.84. The largest absolute Gasteiger partial charge is 0.367 e. The van der Waals surface area contributed by atoms with Gasteiger partial charge in [0.15, 0.2) is 6.10 Å². The van der Waals surface area contributed by atoms with E-state index in [2.05, 4.69) is 4.90 Å². The fourth-order valence-electron chi connectivity index (χ4n) is 4.18. The molecule has 3 heterocycles. The van der Waals surface area contributed by atoms with E-state index in [-0.39, 0.29) is 5.56 Å². The van der Waals surface area contributed by atoms with Gasteiger partial charge in [-0.2, -0.15) is 0 Å². The maximum atomic E-state index is 11.9. The molecule has 1 fully saturated rings. The van der Waals surface area contributed by atoms with Crippen LogP contribution in [0.3, 0.4) is 0 Å². The van der Waals surface area contributed by atoms with Crippen molar-refractivity contribution in [3.05, 3.63) is 68.6 Å². The van der Waals surface area contributed by atoms with Crippen LogP contribution in [0.5, 0.6) is 0 Å². The Morgan fingerprint density at radius 2 is 2.04 bits per heavy atom. The Labute approximate surface area is 162 Å². The first kappa shape index (κ1) is 18.2. The van der Waals surface area contributed by atoms with Gasteiger partial charge in [0.1, 0.15) is 0 Å². The van der Waals surface area contributed by atoms with Crippen LogP contribution in [0.25, 0.3) is 0 Å². The minimum Gasteiger partial charge on any atom is -0.367 e. The van der Waals surface area contributed by atoms with E-state index in [1.165, 1.54) is 0 Å². The Balaban J connectivity index is 1.53. The summed E-state index contributed by atoms with van der Waals surface area (Å²) in [6.45, 7) is 2.41. The third-order valence-electron chi connectivity index (χ3n) is 5.61. The smallest absolute Gasteiger partial charge is 0.251 e. The highest BCUT2D eigenvalue weighted by molar-refractivity contribution is 6.30. The number of rotatable bonds is 3. The molecule has 1 spiro atoms. The van der Waals surface area contributed by atoms with E-state index in [1.54, 1.807) is 23.7 Å². The Bertz CT molecular complexity index is 948. The number of hydrogen-bond donors (Lipinski definition) is 1. The lowest BCUT2D eigenvalue weighted by Crippen LogP contribution is -2.42. The normalized spacial score (nSPS) is 21.3. The van der Waals surface area contributed by atoms with Gasteiger partial charge in [0.2, 0.25) is 5.56 Å². The van der Waals surface area contributed by atoms with Crippen molar-refractivity contribution in [3.8, 4) is 0 Å². The number of nitrogens with two attached hydrogens (primary N) is 1. The minimum atomic E-state index is -0.715. The lowest BCUT2D eigenvalue weighted by molar-refractivity contribution is -0.148. The summed E-state index contributed by atoms with van der Waals surface area (Å²) >= 11 is 6.21. The van der Waals surface area contributed by atoms with E-state index in [0.717, 1.165) is 49.2 Å². The Kier molecular flexibility index (Phi) is 4.58. The summed E-state index contributed by atoms with van der Waals surface area (Å²) in [4.78, 5) is 25.7. The summed E-state index contributed by atoms with van der Waals surface area (Å²) in [5.74, 6) is -0.469. The van der Waals surface area contributed by atoms with Crippen molar-refractivity contribution in [2.24, 2.45) is 12.8 Å². The second-order valence-corrected chi connectivity index (χ2v) is 7.83. The van der Waals surface area contributed by atoms with Gasteiger partial charge in [0, 0.05) is 44.0 Å². The molecule has 1 aromatic heterocycles. The van der Waals surface area contributed by atoms with Crippen molar-refractivity contribution in [2.45, 2.75) is 31.1 Å². The highest BCUT2D eigenvalue weighted by atomic mass is 35.5. The van der Waals surface area contributed by atoms with Crippen LogP contribution >= 0.6 is 11.6 Å². The molecule has 1 saturated heterocycles. The minimum absolute atomic E-state index is 0.0123. The highest BCUT2D eigenvalue weighted by Crippen LogP contribution is 2.50. The monoisotopic (exact) mass is 387 g/mol. The van der Waals surface area contributed by atoms with Gasteiger partial charge in [-0.3, -0.25) is 14.5 Å². The Hall–Kier alpha value is -2.15. The quantitative estimate of drug-likeness (QED) is 0.874. The van der Waals surface area contributed by atoms with Gasteiger partial charge in [-0.05, 0) is 41.7 Å². The van der Waals surface area contributed by atoms with Crippen molar-refractivity contribution in [1.82, 2.24) is 9.47 Å². The molecule has 4 rings (SSSR count). The molecule has 2 aliphatic heterocycles. The molecule has 0 radical (unpaired) electrons. The Morgan fingerprint density at radius 3 is 2.70 bits per heavy atom. The van der Waals surface area contributed by atoms with Crippen molar-refractivity contribution < 1.29 is 9.53 Å². The van der Waals surface area contributed by atoms with Crippen LogP contribution in [0.2, 0.25) is 5.02 Å². The lowest BCUT2D eigenvalue weighted by atomic mass is 9.83. The molecule has 1 unspecified atom stereocenters. The zero-order valence-corrected chi connectivity index (χ0v) is 15.9. The summed E-state index contributed by atoms with van der Waals surface area (Å²) < 4.78 is 7.80. The molecule has 0 aliphatic carbocycles. The second kappa shape index (κ2) is 6.78. The number of piperidine rings is 1. The van der Waals surface area contributed by atoms with E-state index in [9.17, 15) is 9.59 Å². The predicted molar refractivity (Wildman–Crippen MR) is 102 cm³/mol. The first-order chi connectivity index (χ1) is 12.9. The predicted octanol–water partition coefficient (Wildman–Crippen LogP) is 2.09. The summed E-state index contributed by atoms with van der Waals surface area (Å²) in [5, 5.41) is 0.634. The van der Waals surface area contributed by atoms with Crippen molar-refractivity contribution in [3.63, 3.8) is 0 Å². The van der Waals surface area contributed by atoms with Crippen LogP contribution in [0.1, 0.15) is 35.6 Å². The number of benzene rings is 1. The molecular weight excluding hydrogens is 366 g/mol. The molecule has 6 nitrogen and oxygen atoms in total. The van der Waals surface area contributed by atoms with Crippen LogP contribution in [-0.4, -0.2) is 28.5 Å². The zero-order valence-electron chi connectivity index (χ0n) is 15.2. The molecule has 0 saturated carbocycles. The van der Waals surface area contributed by atoms with Gasteiger partial charge in [-0.15, -0.1) is 0 Å². The van der Waals surface area contributed by atoms with Crippen molar-refractivity contribution in [2.75, 3.05) is 13.1 Å². The number of carbonyl (C=O) groups excluding carboxylic acids is 1. The van der Waals surface area contributed by atoms with Crippen LogP contribution in [0, 0.1) is 0 Å². The summed E-state index contributed by atoms with van der Waals surface area (Å²) in [6.07, 6.45) is 2.68. The zero-order chi connectivity index (χ0) is 19.2. The number of hydrogen-bond acceptors (Lipinski definition) is 4. The molecule has 2 N–H and O–H groups in total. The fourth-order valence-corrected chi connectivity index (χ4v) is 4.35. The van der Waals surface area contributed by atoms with E-state index < -0.39 is 17.6 Å². The van der Waals surface area contributed by atoms with Crippen LogP contribution in [0.15, 0.2) is 41.3 Å². The van der Waals surface area contributed by atoms with Crippen LogP contribution in [-0.2, 0) is 28.7 Å². The summed E-state index contributed by atoms with van der Waals surface area (Å²) in [7, 11) is 1.76. The standard InChI is InChI=1S/C20H22ClN3O3/c1-23-11-13(2-5-17(23)25)12-24-8-6-20(7-9-24)16-10-14(21)3-4-15(16)18(27-20)19(22)26/h2-5,10-11,18H,6-9,12H2,1H3,(H2,22,26). The molecule has 1 aromatic carbocycles. The number of aryl methyl sites for hydroxylation is 1. The number of pyridine rings is 1. The van der Waals surface area contributed by atoms with E-state index in [4.69, 9.17) is 22.1 Å². The number of carbonyl (C=O) groups is 1. The number of primary amides is 1. The van der Waals surface area contributed by atoms with Gasteiger partial charge in [0.05, 0.1) is 5.60 Å². The molecule has 142 valence electrons. The number of nitrogens with zero attached hydrogens (tertiary/aromatic N) is 2. The van der Waals surface area contributed by atoms with Gasteiger partial charge >= 0.3 is 0 Å². The van der Waals surface area contributed by atoms with Crippen molar-refractivity contribution in [1.29, 1.82) is 0 Å². The van der Waals surface area contributed by atoms with E-state index in [0.29, 0.717) is 5.02 Å². The molecule has 1 atom stereocenters. The van der Waals surface area contributed by atoms with Crippen molar-refractivity contribution >= 4 is 17.5 Å². The first-order valence-corrected chi connectivity index (χ1v) is 9.41. The molecule has 27 heavy (non-hydrogen) atoms. The maximum Gasteiger partial charge on any atom is 0.251 e. The molecular formula is C20H22ClN3O3. The third kappa shape index (κ3) is 3.29. The first-order valence-electron chi connectivity index (χ1n) is 9.03. The van der Waals surface area contributed by atoms with Crippen LogP contribution in [0.4, 0.5) is 0 Å². The molecule has 2 aliphatic rings. The maximum absolute atomic E-state index is 11.9. The Morgan fingerprint density at radius 1 is 1.30 bits per heavy atom. The second-order valence-electron chi connectivity index (χ2n) is 7.39. The van der Waals surface area contributed by atoms with Gasteiger partial charge in [0.25, 0.3) is 5.91 Å². The van der Waals surface area contributed by atoms with Gasteiger partial charge < -0.3 is 15.0 Å². The summed E-state index contributed by atoms with van der Waals surface area (Å²) in [5.41, 5.74) is 7.95. The lowest BCUT2D eigenvalue weighted by Gasteiger charge is -2.39. The topological polar surface area (TPSA) is 77.6 Å². The summed E-state index contributed by atoms with van der Waals surface area (Å²) in [6, 6.07) is 8.99. The van der Waals surface area contributed by atoms with Gasteiger partial charge in [-0.1, -0.05) is 23.7 Å². The number of ether oxygens (including phenoxy) is 1. The molecule has 1 amide bonds. The number of halogens is 1. The number of fused-ring (bicyclic) bond motifs is 2.